The van der Waals surface area contributed by atoms with E-state index in [4.69, 9.17) is 0 Å². The zero-order valence-electron chi connectivity index (χ0n) is 16.6. The van der Waals surface area contributed by atoms with Crippen LogP contribution in [0.2, 0.25) is 0 Å². The number of nitrogens with one attached hydrogen (secondary N) is 1. The normalized spacial score (nSPS) is 15.3. The Balaban J connectivity index is 1.21. The molecule has 1 saturated heterocycles. The number of hydrogen-bond acceptors (Lipinski definition) is 4. The molecule has 0 atom stereocenters. The van der Waals surface area contributed by atoms with Gasteiger partial charge in [0.25, 0.3) is 0 Å². The molecule has 2 aromatic carbocycles. The Labute approximate surface area is 176 Å². The Morgan fingerprint density at radius 3 is 2.00 bits per heavy atom. The molecule has 0 aliphatic carbocycles. The van der Waals surface area contributed by atoms with Crippen molar-refractivity contribution in [3.05, 3.63) is 88.1 Å². The van der Waals surface area contributed by atoms with Gasteiger partial charge in [-0.1, -0.05) is 42.5 Å². The minimum Gasteiger partial charge on any atom is -0.326 e. The van der Waals surface area contributed by atoms with Crippen LogP contribution in [-0.2, 0) is 24.3 Å². The molecule has 1 aliphatic heterocycles. The number of thiophene rings is 1. The second-order valence-corrected chi connectivity index (χ2v) is 8.37. The minimum absolute atomic E-state index is 0.0330. The molecule has 0 radical (unpaired) electrons. The molecule has 1 aliphatic rings. The highest BCUT2D eigenvalue weighted by molar-refractivity contribution is 7.08. The molecule has 0 spiro atoms. The largest absolute Gasteiger partial charge is 0.326 e. The van der Waals surface area contributed by atoms with Crippen LogP contribution in [0.5, 0.6) is 0 Å². The molecule has 4 rings (SSSR count). The van der Waals surface area contributed by atoms with Gasteiger partial charge in [0.2, 0.25) is 5.91 Å². The lowest BCUT2D eigenvalue weighted by Crippen LogP contribution is -2.45. The maximum atomic E-state index is 12.1. The highest BCUT2D eigenvalue weighted by Gasteiger charge is 2.17. The van der Waals surface area contributed by atoms with Gasteiger partial charge in [-0.15, -0.1) is 0 Å². The van der Waals surface area contributed by atoms with Crippen molar-refractivity contribution in [2.75, 3.05) is 31.5 Å². The predicted octanol–water partition coefficient (Wildman–Crippen LogP) is 4.25. The van der Waals surface area contributed by atoms with E-state index in [9.17, 15) is 4.79 Å². The van der Waals surface area contributed by atoms with Crippen molar-refractivity contribution in [2.45, 2.75) is 19.5 Å². The van der Waals surface area contributed by atoms with Gasteiger partial charge in [-0.25, -0.2) is 0 Å². The summed E-state index contributed by atoms with van der Waals surface area (Å²) in [7, 11) is 0. The van der Waals surface area contributed by atoms with Gasteiger partial charge >= 0.3 is 0 Å². The quantitative estimate of drug-likeness (QED) is 0.638. The third kappa shape index (κ3) is 6.00. The molecular formula is C24H27N3OS. The smallest absolute Gasteiger partial charge is 0.228 e. The van der Waals surface area contributed by atoms with Crippen LogP contribution in [0, 0.1) is 0 Å². The maximum absolute atomic E-state index is 12.1. The Bertz CT molecular complexity index is 886. The van der Waals surface area contributed by atoms with Crippen molar-refractivity contribution >= 4 is 22.9 Å². The number of nitrogens with zero attached hydrogens (tertiary/aromatic N) is 2. The first kappa shape index (κ1) is 19.8. The lowest BCUT2D eigenvalue weighted by atomic mass is 10.1. The van der Waals surface area contributed by atoms with Gasteiger partial charge in [0, 0.05) is 45.0 Å². The van der Waals surface area contributed by atoms with Crippen LogP contribution in [0.1, 0.15) is 16.7 Å². The second-order valence-electron chi connectivity index (χ2n) is 7.59. The van der Waals surface area contributed by atoms with Crippen molar-refractivity contribution in [1.29, 1.82) is 0 Å². The summed E-state index contributed by atoms with van der Waals surface area (Å²) in [6.45, 7) is 6.38. The molecule has 1 fully saturated rings. The molecular weight excluding hydrogens is 378 g/mol. The van der Waals surface area contributed by atoms with Crippen LogP contribution in [0.25, 0.3) is 0 Å². The average Bonchev–Trinajstić information content (AvgIpc) is 3.25. The second kappa shape index (κ2) is 9.83. The van der Waals surface area contributed by atoms with Gasteiger partial charge in [0.05, 0.1) is 6.42 Å². The van der Waals surface area contributed by atoms with Crippen LogP contribution >= 0.6 is 11.3 Å². The first-order valence-corrected chi connectivity index (χ1v) is 11.1. The van der Waals surface area contributed by atoms with Crippen LogP contribution in [0.3, 0.4) is 0 Å². The zero-order valence-corrected chi connectivity index (χ0v) is 17.4. The molecule has 1 amide bonds. The van der Waals surface area contributed by atoms with Crippen LogP contribution < -0.4 is 5.32 Å². The van der Waals surface area contributed by atoms with Crippen molar-refractivity contribution in [1.82, 2.24) is 9.80 Å². The summed E-state index contributed by atoms with van der Waals surface area (Å²) < 4.78 is 0. The van der Waals surface area contributed by atoms with E-state index in [0.29, 0.717) is 6.42 Å². The monoisotopic (exact) mass is 405 g/mol. The fraction of sp³-hybridized carbons (Fsp3) is 0.292. The number of amides is 1. The summed E-state index contributed by atoms with van der Waals surface area (Å²) >= 11 is 1.62. The maximum Gasteiger partial charge on any atom is 0.228 e. The molecule has 0 unspecified atom stereocenters. The number of carbonyl (C=O) groups excluding carboxylic acids is 1. The molecule has 29 heavy (non-hydrogen) atoms. The summed E-state index contributed by atoms with van der Waals surface area (Å²) in [5.41, 5.74) is 4.60. The van der Waals surface area contributed by atoms with Gasteiger partial charge in [-0.05, 0) is 45.6 Å². The number of piperazine rings is 1. The van der Waals surface area contributed by atoms with Crippen LogP contribution in [0.15, 0.2) is 71.4 Å². The van der Waals surface area contributed by atoms with Gasteiger partial charge in [0.15, 0.2) is 0 Å². The van der Waals surface area contributed by atoms with Gasteiger partial charge in [-0.3, -0.25) is 14.6 Å². The number of rotatable bonds is 7. The van der Waals surface area contributed by atoms with Crippen molar-refractivity contribution in [3.63, 3.8) is 0 Å². The van der Waals surface area contributed by atoms with Crippen molar-refractivity contribution in [3.8, 4) is 0 Å². The third-order valence-corrected chi connectivity index (χ3v) is 6.03. The fourth-order valence-electron chi connectivity index (χ4n) is 3.68. The van der Waals surface area contributed by atoms with Crippen LogP contribution in [0.4, 0.5) is 5.69 Å². The standard InChI is InChI=1S/C24H27N3OS/c28-24(16-22-10-15-29-19-22)25-23-8-6-21(7-9-23)18-27-13-11-26(12-14-27)17-20-4-2-1-3-5-20/h1-10,15,19H,11-14,16-18H2,(H,25,28). The van der Waals surface area contributed by atoms with E-state index in [2.05, 4.69) is 57.6 Å². The Morgan fingerprint density at radius 2 is 1.41 bits per heavy atom. The average molecular weight is 406 g/mol. The summed E-state index contributed by atoms with van der Waals surface area (Å²) in [5, 5.41) is 7.00. The molecule has 2 heterocycles. The molecule has 1 N–H and O–H groups in total. The van der Waals surface area contributed by atoms with Crippen LogP contribution in [-0.4, -0.2) is 41.9 Å². The molecule has 3 aromatic rings. The van der Waals surface area contributed by atoms with E-state index in [-0.39, 0.29) is 5.91 Å². The summed E-state index contributed by atoms with van der Waals surface area (Å²) in [4.78, 5) is 17.2. The highest BCUT2D eigenvalue weighted by atomic mass is 32.1. The zero-order chi connectivity index (χ0) is 19.9. The molecule has 5 heteroatoms. The van der Waals surface area contributed by atoms with Crippen molar-refractivity contribution in [2.24, 2.45) is 0 Å². The molecule has 0 bridgehead atoms. The first-order valence-electron chi connectivity index (χ1n) is 10.1. The summed E-state index contributed by atoms with van der Waals surface area (Å²) in [6, 6.07) is 20.9. The summed E-state index contributed by atoms with van der Waals surface area (Å²) in [6.07, 6.45) is 0.429. The molecule has 4 nitrogen and oxygen atoms in total. The summed E-state index contributed by atoms with van der Waals surface area (Å²) in [5.74, 6) is 0.0330. The Kier molecular flexibility index (Phi) is 6.72. The Hall–Kier alpha value is -2.47. The van der Waals surface area contributed by atoms with Gasteiger partial charge in [-0.2, -0.15) is 11.3 Å². The van der Waals surface area contributed by atoms with Gasteiger partial charge in [0.1, 0.15) is 0 Å². The van der Waals surface area contributed by atoms with E-state index >= 15 is 0 Å². The van der Waals surface area contributed by atoms with E-state index in [1.807, 2.05) is 29.0 Å². The van der Waals surface area contributed by atoms with E-state index < -0.39 is 0 Å². The van der Waals surface area contributed by atoms with E-state index in [1.54, 1.807) is 11.3 Å². The SMILES string of the molecule is O=C(Cc1ccsc1)Nc1ccc(CN2CCN(Cc3ccccc3)CC2)cc1. The third-order valence-electron chi connectivity index (χ3n) is 5.30. The number of benzene rings is 2. The van der Waals surface area contributed by atoms with E-state index in [0.717, 1.165) is 50.5 Å². The topological polar surface area (TPSA) is 35.6 Å². The van der Waals surface area contributed by atoms with Crippen molar-refractivity contribution < 1.29 is 4.79 Å². The molecule has 1 aromatic heterocycles. The molecule has 150 valence electrons. The lowest BCUT2D eigenvalue weighted by molar-refractivity contribution is -0.115. The number of hydrogen-bond donors (Lipinski definition) is 1. The van der Waals surface area contributed by atoms with E-state index in [1.165, 1.54) is 11.1 Å². The minimum atomic E-state index is 0.0330. The van der Waals surface area contributed by atoms with Gasteiger partial charge < -0.3 is 5.32 Å². The number of carbonyl (C=O) groups is 1. The lowest BCUT2D eigenvalue weighted by Gasteiger charge is -2.34. The predicted molar refractivity (Wildman–Crippen MR) is 120 cm³/mol. The first-order chi connectivity index (χ1) is 14.2. The fourth-order valence-corrected chi connectivity index (χ4v) is 4.35. The Morgan fingerprint density at radius 1 is 0.793 bits per heavy atom. The molecule has 0 saturated carbocycles. The number of anilines is 1. The highest BCUT2D eigenvalue weighted by Crippen LogP contribution is 2.15.